The van der Waals surface area contributed by atoms with E-state index < -0.39 is 0 Å². The van der Waals surface area contributed by atoms with Gasteiger partial charge in [-0.15, -0.1) is 0 Å². The zero-order chi connectivity index (χ0) is 9.64. The Labute approximate surface area is 79.2 Å². The highest BCUT2D eigenvalue weighted by Crippen LogP contribution is 2.57. The van der Waals surface area contributed by atoms with Crippen molar-refractivity contribution in [3.05, 3.63) is 29.6 Å². The molecule has 2 heteroatoms. The highest BCUT2D eigenvalue weighted by Gasteiger charge is 2.57. The Kier molecular flexibility index (Phi) is 1.70. The molecule has 1 heterocycles. The van der Waals surface area contributed by atoms with Gasteiger partial charge in [-0.1, -0.05) is 19.9 Å². The first-order valence-corrected chi connectivity index (χ1v) is 4.72. The maximum absolute atomic E-state index is 6.01. The van der Waals surface area contributed by atoms with Gasteiger partial charge in [-0.3, -0.25) is 4.98 Å². The second-order valence-corrected chi connectivity index (χ2v) is 4.53. The number of hydrogen-bond acceptors (Lipinski definition) is 2. The highest BCUT2D eigenvalue weighted by atomic mass is 14.9. The van der Waals surface area contributed by atoms with Crippen molar-refractivity contribution >= 4 is 0 Å². The van der Waals surface area contributed by atoms with Crippen molar-refractivity contribution in [1.29, 1.82) is 0 Å². The van der Waals surface area contributed by atoms with Gasteiger partial charge in [0.05, 0.1) is 0 Å². The Bertz CT molecular complexity index is 331. The first-order valence-electron chi connectivity index (χ1n) is 4.72. The van der Waals surface area contributed by atoms with Crippen LogP contribution < -0.4 is 5.73 Å². The molecule has 1 aromatic rings. The lowest BCUT2D eigenvalue weighted by molar-refractivity contribution is 0.594. The highest BCUT2D eigenvalue weighted by molar-refractivity contribution is 5.34. The van der Waals surface area contributed by atoms with Gasteiger partial charge in [-0.25, -0.2) is 0 Å². The molecular formula is C11H16N2. The van der Waals surface area contributed by atoms with E-state index in [-0.39, 0.29) is 11.5 Å². The van der Waals surface area contributed by atoms with Crippen molar-refractivity contribution in [2.45, 2.75) is 32.7 Å². The zero-order valence-corrected chi connectivity index (χ0v) is 8.41. The van der Waals surface area contributed by atoms with Crippen molar-refractivity contribution in [1.82, 2.24) is 4.98 Å². The van der Waals surface area contributed by atoms with Gasteiger partial charge >= 0.3 is 0 Å². The van der Waals surface area contributed by atoms with Crippen LogP contribution in [0, 0.1) is 12.3 Å². The van der Waals surface area contributed by atoms with E-state index in [9.17, 15) is 0 Å². The van der Waals surface area contributed by atoms with Gasteiger partial charge in [-0.05, 0) is 24.0 Å². The summed E-state index contributed by atoms with van der Waals surface area (Å²) in [7, 11) is 0. The lowest BCUT2D eigenvalue weighted by atomic mass is 10.0. The second-order valence-electron chi connectivity index (χ2n) is 4.53. The molecule has 70 valence electrons. The lowest BCUT2D eigenvalue weighted by Gasteiger charge is -2.04. The third-order valence-corrected chi connectivity index (χ3v) is 3.26. The topological polar surface area (TPSA) is 38.9 Å². The van der Waals surface area contributed by atoms with Gasteiger partial charge in [0, 0.05) is 23.9 Å². The summed E-state index contributed by atoms with van der Waals surface area (Å²) in [4.78, 5) is 4.41. The van der Waals surface area contributed by atoms with Crippen LogP contribution in [0.2, 0.25) is 0 Å². The molecule has 2 rings (SSSR count). The van der Waals surface area contributed by atoms with Gasteiger partial charge < -0.3 is 5.73 Å². The van der Waals surface area contributed by atoms with E-state index in [1.807, 2.05) is 12.3 Å². The summed E-state index contributed by atoms with van der Waals surface area (Å²) >= 11 is 0. The quantitative estimate of drug-likeness (QED) is 0.709. The predicted octanol–water partition coefficient (Wildman–Crippen LogP) is 1.84. The van der Waals surface area contributed by atoms with Crippen LogP contribution in [-0.2, 0) is 0 Å². The summed E-state index contributed by atoms with van der Waals surface area (Å²) in [6.45, 7) is 6.51. The van der Waals surface area contributed by atoms with E-state index in [1.165, 1.54) is 11.3 Å². The fraction of sp³-hybridized carbons (Fsp3) is 0.545. The molecule has 1 saturated carbocycles. The van der Waals surface area contributed by atoms with Crippen LogP contribution in [0.25, 0.3) is 0 Å². The molecule has 1 aliphatic carbocycles. The van der Waals surface area contributed by atoms with Crippen molar-refractivity contribution in [3.63, 3.8) is 0 Å². The molecular weight excluding hydrogens is 160 g/mol. The largest absolute Gasteiger partial charge is 0.327 e. The van der Waals surface area contributed by atoms with Crippen LogP contribution >= 0.6 is 0 Å². The molecule has 1 aliphatic rings. The average molecular weight is 176 g/mol. The van der Waals surface area contributed by atoms with E-state index in [0.717, 1.165) is 0 Å². The summed E-state index contributed by atoms with van der Waals surface area (Å²) in [5.74, 6) is 0.452. The Morgan fingerprint density at radius 1 is 1.46 bits per heavy atom. The molecule has 2 nitrogen and oxygen atoms in total. The van der Waals surface area contributed by atoms with Crippen molar-refractivity contribution in [2.75, 3.05) is 0 Å². The number of rotatable bonds is 1. The van der Waals surface area contributed by atoms with E-state index in [0.29, 0.717) is 5.92 Å². The van der Waals surface area contributed by atoms with Gasteiger partial charge in [0.25, 0.3) is 0 Å². The summed E-state index contributed by atoms with van der Waals surface area (Å²) in [5, 5.41) is 0. The molecule has 2 atom stereocenters. The van der Waals surface area contributed by atoms with Gasteiger partial charge in [0.2, 0.25) is 0 Å². The minimum absolute atomic E-state index is 0.235. The maximum atomic E-state index is 6.01. The summed E-state index contributed by atoms with van der Waals surface area (Å²) in [6, 6.07) is 4.35. The summed E-state index contributed by atoms with van der Waals surface area (Å²) in [6.07, 6.45) is 1.85. The number of pyridine rings is 1. The predicted molar refractivity (Wildman–Crippen MR) is 53.5 cm³/mol. The Hall–Kier alpha value is -0.890. The molecule has 0 amide bonds. The van der Waals surface area contributed by atoms with Crippen LogP contribution in [0.15, 0.2) is 18.3 Å². The maximum Gasteiger partial charge on any atom is 0.0485 e. The molecule has 1 aromatic heterocycles. The molecule has 1 fully saturated rings. The summed E-state index contributed by atoms with van der Waals surface area (Å²) < 4.78 is 0. The van der Waals surface area contributed by atoms with Crippen LogP contribution in [0.1, 0.15) is 31.0 Å². The minimum Gasteiger partial charge on any atom is -0.327 e. The van der Waals surface area contributed by atoms with Gasteiger partial charge in [-0.2, -0.15) is 0 Å². The molecule has 0 bridgehead atoms. The van der Waals surface area contributed by atoms with Crippen molar-refractivity contribution < 1.29 is 0 Å². The SMILES string of the molecule is Cc1cccnc1C1C(N)C1(C)C. The molecule has 0 aromatic carbocycles. The molecule has 13 heavy (non-hydrogen) atoms. The fourth-order valence-electron chi connectivity index (χ4n) is 2.02. The molecule has 0 aliphatic heterocycles. The molecule has 0 spiro atoms. The van der Waals surface area contributed by atoms with Gasteiger partial charge in [0.1, 0.15) is 0 Å². The number of hydrogen-bond donors (Lipinski definition) is 1. The van der Waals surface area contributed by atoms with E-state index in [4.69, 9.17) is 5.73 Å². The van der Waals surface area contributed by atoms with Crippen LogP contribution in [-0.4, -0.2) is 11.0 Å². The number of nitrogens with two attached hydrogens (primary N) is 1. The van der Waals surface area contributed by atoms with E-state index in [1.54, 1.807) is 0 Å². The van der Waals surface area contributed by atoms with Crippen LogP contribution in [0.5, 0.6) is 0 Å². The number of aryl methyl sites for hydroxylation is 1. The van der Waals surface area contributed by atoms with Crippen molar-refractivity contribution in [2.24, 2.45) is 11.1 Å². The lowest BCUT2D eigenvalue weighted by Crippen LogP contribution is -2.06. The van der Waals surface area contributed by atoms with Gasteiger partial charge in [0.15, 0.2) is 0 Å². The first-order chi connectivity index (χ1) is 6.05. The first kappa shape index (κ1) is 8.70. The monoisotopic (exact) mass is 176 g/mol. The summed E-state index contributed by atoms with van der Waals surface area (Å²) in [5.41, 5.74) is 8.68. The molecule has 0 saturated heterocycles. The minimum atomic E-state index is 0.235. The number of nitrogens with zero attached hydrogens (tertiary/aromatic N) is 1. The van der Waals surface area contributed by atoms with Crippen LogP contribution in [0.3, 0.4) is 0 Å². The third-order valence-electron chi connectivity index (χ3n) is 3.26. The Balaban J connectivity index is 2.34. The normalized spacial score (nSPS) is 30.2. The Morgan fingerprint density at radius 3 is 2.54 bits per heavy atom. The smallest absolute Gasteiger partial charge is 0.0485 e. The number of aromatic nitrogens is 1. The van der Waals surface area contributed by atoms with E-state index in [2.05, 4.69) is 31.8 Å². The second kappa shape index (κ2) is 2.55. The van der Waals surface area contributed by atoms with Crippen LogP contribution in [0.4, 0.5) is 0 Å². The van der Waals surface area contributed by atoms with E-state index >= 15 is 0 Å². The Morgan fingerprint density at radius 2 is 2.08 bits per heavy atom. The zero-order valence-electron chi connectivity index (χ0n) is 8.41. The standard InChI is InChI=1S/C11H16N2/c1-7-5-4-6-13-9(7)8-10(12)11(8,2)3/h4-6,8,10H,12H2,1-3H3. The molecule has 0 radical (unpaired) electrons. The van der Waals surface area contributed by atoms with Crippen molar-refractivity contribution in [3.8, 4) is 0 Å². The third kappa shape index (κ3) is 1.17. The molecule has 2 unspecified atom stereocenters. The average Bonchev–Trinajstić information content (AvgIpc) is 2.54. The fourth-order valence-corrected chi connectivity index (χ4v) is 2.02. The molecule has 2 N–H and O–H groups in total.